The fraction of sp³-hybridized carbons (Fsp3) is 0.667. The van der Waals surface area contributed by atoms with Crippen LogP contribution in [0.15, 0.2) is 12.5 Å². The van der Waals surface area contributed by atoms with Crippen LogP contribution in [0.5, 0.6) is 0 Å². The molecule has 0 saturated carbocycles. The molecule has 21 heteroatoms. The molecular formula is C33H55N11O10. The Morgan fingerprint density at radius 3 is 2.06 bits per heavy atom. The van der Waals surface area contributed by atoms with Crippen LogP contribution in [0.1, 0.15) is 71.4 Å². The summed E-state index contributed by atoms with van der Waals surface area (Å²) in [7, 11) is 0. The third kappa shape index (κ3) is 14.3. The maximum absolute atomic E-state index is 14.0. The molecule has 2 rings (SSSR count). The number of primary amides is 1. The molecule has 1 saturated heterocycles. The average Bonchev–Trinajstić information content (AvgIpc) is 3.81. The second kappa shape index (κ2) is 22.2. The molecule has 1 aromatic rings. The van der Waals surface area contributed by atoms with Crippen molar-refractivity contribution in [2.45, 2.75) is 114 Å². The van der Waals surface area contributed by atoms with Crippen LogP contribution in [0.4, 0.5) is 0 Å². The first-order chi connectivity index (χ1) is 25.5. The first-order valence-electron chi connectivity index (χ1n) is 17.9. The summed E-state index contributed by atoms with van der Waals surface area (Å²) in [6.07, 6.45) is 3.61. The van der Waals surface area contributed by atoms with Gasteiger partial charge in [-0.1, -0.05) is 13.8 Å². The van der Waals surface area contributed by atoms with E-state index >= 15 is 0 Å². The van der Waals surface area contributed by atoms with Crippen LogP contribution in [-0.2, 0) is 44.8 Å². The molecule has 0 bridgehead atoms. The zero-order valence-corrected chi connectivity index (χ0v) is 30.8. The molecule has 54 heavy (non-hydrogen) atoms. The van der Waals surface area contributed by atoms with Crippen molar-refractivity contribution in [3.8, 4) is 0 Å². The Morgan fingerprint density at radius 1 is 0.889 bits per heavy atom. The van der Waals surface area contributed by atoms with E-state index in [2.05, 4.69) is 36.6 Å². The zero-order valence-electron chi connectivity index (χ0n) is 30.8. The summed E-state index contributed by atoms with van der Waals surface area (Å²) >= 11 is 0. The number of imidazole rings is 1. The quantitative estimate of drug-likeness (QED) is 0.0472. The van der Waals surface area contributed by atoms with Crippen LogP contribution in [0.25, 0.3) is 0 Å². The van der Waals surface area contributed by atoms with Gasteiger partial charge in [0.25, 0.3) is 0 Å². The van der Waals surface area contributed by atoms with Gasteiger partial charge >= 0.3 is 5.97 Å². The Balaban J connectivity index is 2.30. The van der Waals surface area contributed by atoms with Crippen molar-refractivity contribution in [1.29, 1.82) is 0 Å². The molecule has 1 aromatic heterocycles. The summed E-state index contributed by atoms with van der Waals surface area (Å²) in [4.78, 5) is 112. The molecule has 302 valence electrons. The highest BCUT2D eigenvalue weighted by Gasteiger charge is 2.40. The lowest BCUT2D eigenvalue weighted by Crippen LogP contribution is -2.60. The van der Waals surface area contributed by atoms with Gasteiger partial charge in [0.2, 0.25) is 41.4 Å². The number of aliphatic carboxylic acids is 1. The average molecular weight is 766 g/mol. The van der Waals surface area contributed by atoms with Crippen molar-refractivity contribution >= 4 is 47.3 Å². The topological polar surface area (TPSA) is 347 Å². The second-order valence-corrected chi connectivity index (χ2v) is 13.7. The molecule has 1 fully saturated rings. The van der Waals surface area contributed by atoms with Crippen LogP contribution < -0.4 is 43.8 Å². The molecule has 1 aliphatic rings. The molecule has 0 unspecified atom stereocenters. The minimum Gasteiger partial charge on any atom is -0.480 e. The minimum atomic E-state index is -1.59. The first-order valence-corrected chi connectivity index (χ1v) is 17.9. The van der Waals surface area contributed by atoms with Gasteiger partial charge in [-0.05, 0) is 57.9 Å². The zero-order chi connectivity index (χ0) is 40.5. The van der Waals surface area contributed by atoms with Crippen LogP contribution in [0.3, 0.4) is 0 Å². The van der Waals surface area contributed by atoms with E-state index in [1.54, 1.807) is 13.8 Å². The van der Waals surface area contributed by atoms with Gasteiger partial charge in [0, 0.05) is 24.9 Å². The summed E-state index contributed by atoms with van der Waals surface area (Å²) in [5.41, 5.74) is 17.0. The van der Waals surface area contributed by atoms with Gasteiger partial charge in [0.1, 0.15) is 36.3 Å². The van der Waals surface area contributed by atoms with Crippen LogP contribution >= 0.6 is 0 Å². The highest BCUT2D eigenvalue weighted by atomic mass is 16.4. The number of carboxylic acids is 1. The Kier molecular flexibility index (Phi) is 18.5. The number of aromatic nitrogens is 2. The Bertz CT molecular complexity index is 1460. The third-order valence-electron chi connectivity index (χ3n) is 8.60. The molecule has 7 atom stereocenters. The van der Waals surface area contributed by atoms with Gasteiger partial charge in [-0.25, -0.2) is 9.78 Å². The molecule has 0 spiro atoms. The fourth-order valence-electron chi connectivity index (χ4n) is 5.77. The van der Waals surface area contributed by atoms with Gasteiger partial charge in [-0.3, -0.25) is 33.6 Å². The van der Waals surface area contributed by atoms with Gasteiger partial charge in [0.05, 0.1) is 25.4 Å². The number of carbonyl (C=O) groups is 8. The van der Waals surface area contributed by atoms with Crippen LogP contribution in [-0.4, -0.2) is 134 Å². The molecule has 21 nitrogen and oxygen atoms in total. The lowest BCUT2D eigenvalue weighted by atomic mass is 10.0. The molecule has 0 radical (unpaired) electrons. The van der Waals surface area contributed by atoms with Crippen molar-refractivity contribution in [2.24, 2.45) is 23.1 Å². The van der Waals surface area contributed by atoms with E-state index in [1.807, 2.05) is 0 Å². The number of unbranched alkanes of at least 4 members (excludes halogenated alkanes) is 1. The molecule has 2 heterocycles. The number of amides is 7. The monoisotopic (exact) mass is 765 g/mol. The van der Waals surface area contributed by atoms with E-state index in [4.69, 9.17) is 17.2 Å². The fourth-order valence-corrected chi connectivity index (χ4v) is 5.77. The van der Waals surface area contributed by atoms with E-state index < -0.39 is 103 Å². The highest BCUT2D eigenvalue weighted by molar-refractivity contribution is 5.98. The van der Waals surface area contributed by atoms with E-state index in [1.165, 1.54) is 19.4 Å². The SMILES string of the molecule is CC(C)C[C@H](NC(=O)[C@H](CCCCN)NC(=O)[C@@H]1CCCN1C(=O)[C@H](CC(N)=O)NC(=O)[C@H](Cc1cnc[nH]1)NC(=O)[C@H](CO)NC(=O)[C@H](C)N)C(=O)O. The predicted octanol–water partition coefficient (Wildman–Crippen LogP) is -4.16. The largest absolute Gasteiger partial charge is 0.480 e. The normalized spacial score (nSPS) is 17.3. The van der Waals surface area contributed by atoms with Crippen molar-refractivity contribution < 1.29 is 48.6 Å². The van der Waals surface area contributed by atoms with Crippen molar-refractivity contribution in [3.63, 3.8) is 0 Å². The predicted molar refractivity (Wildman–Crippen MR) is 191 cm³/mol. The number of aliphatic hydroxyl groups excluding tert-OH is 1. The van der Waals surface area contributed by atoms with Crippen LogP contribution in [0, 0.1) is 5.92 Å². The van der Waals surface area contributed by atoms with Gasteiger partial charge in [-0.2, -0.15) is 0 Å². The van der Waals surface area contributed by atoms with Crippen molar-refractivity contribution in [2.75, 3.05) is 19.7 Å². The molecule has 0 aromatic carbocycles. The Labute approximate surface area is 312 Å². The number of hydrogen-bond donors (Lipinski definition) is 11. The maximum atomic E-state index is 14.0. The van der Waals surface area contributed by atoms with Gasteiger partial charge in [0.15, 0.2) is 0 Å². The maximum Gasteiger partial charge on any atom is 0.326 e. The number of H-pyrrole nitrogens is 1. The number of nitrogens with one attached hydrogen (secondary N) is 6. The second-order valence-electron chi connectivity index (χ2n) is 13.7. The summed E-state index contributed by atoms with van der Waals surface area (Å²) in [5, 5.41) is 31.7. The summed E-state index contributed by atoms with van der Waals surface area (Å²) in [6.45, 7) is 4.51. The van der Waals surface area contributed by atoms with Gasteiger partial charge in [-0.15, -0.1) is 0 Å². The lowest BCUT2D eigenvalue weighted by molar-refractivity contribution is -0.144. The molecule has 0 aliphatic carbocycles. The third-order valence-corrected chi connectivity index (χ3v) is 8.60. The first kappa shape index (κ1) is 45.0. The summed E-state index contributed by atoms with van der Waals surface area (Å²) in [6, 6.07) is -8.99. The molecule has 14 N–H and O–H groups in total. The van der Waals surface area contributed by atoms with E-state index in [0.717, 1.165) is 4.90 Å². The number of likely N-dealkylation sites (tertiary alicyclic amines) is 1. The smallest absolute Gasteiger partial charge is 0.326 e. The number of carbonyl (C=O) groups excluding carboxylic acids is 7. The number of nitrogens with zero attached hydrogens (tertiary/aromatic N) is 2. The summed E-state index contributed by atoms with van der Waals surface area (Å²) in [5.74, 6) is -7.14. The van der Waals surface area contributed by atoms with E-state index in [0.29, 0.717) is 31.5 Å². The van der Waals surface area contributed by atoms with Crippen LogP contribution in [0.2, 0.25) is 0 Å². The Morgan fingerprint density at radius 2 is 1.50 bits per heavy atom. The Hall–Kier alpha value is -5.15. The van der Waals surface area contributed by atoms with Crippen molar-refractivity contribution in [3.05, 3.63) is 18.2 Å². The highest BCUT2D eigenvalue weighted by Crippen LogP contribution is 2.20. The number of rotatable bonds is 23. The molecular weight excluding hydrogens is 710 g/mol. The number of carboxylic acid groups (broad SMARTS) is 1. The van der Waals surface area contributed by atoms with Gasteiger partial charge < -0.3 is 63.9 Å². The summed E-state index contributed by atoms with van der Waals surface area (Å²) < 4.78 is 0. The minimum absolute atomic E-state index is 0.0489. The van der Waals surface area contributed by atoms with E-state index in [9.17, 15) is 48.6 Å². The number of aromatic amines is 1. The van der Waals surface area contributed by atoms with E-state index in [-0.39, 0.29) is 38.1 Å². The number of nitrogens with two attached hydrogens (primary N) is 3. The number of hydrogen-bond acceptors (Lipinski definition) is 12. The molecule has 7 amide bonds. The molecule has 1 aliphatic heterocycles. The standard InChI is InChI=1S/C33H55N11O10/c1-17(2)11-23(33(53)54)42-28(48)20(7-4-5-9-34)39-31(51)25-8-6-10-44(25)32(52)22(13-26(36)46)41-29(49)21(12-19-14-37-16-38-19)40-30(50)24(15-45)43-27(47)18(3)35/h14,16-18,20-25,45H,4-13,15,34-35H2,1-3H3,(H2,36,46)(H,37,38)(H,39,51)(H,40,50)(H,41,49)(H,42,48)(H,43,47)(H,53,54)/t18-,20-,21-,22-,23-,24-,25-/m0/s1. The lowest BCUT2D eigenvalue weighted by Gasteiger charge is -2.30. The van der Waals surface area contributed by atoms with Crippen molar-refractivity contribution in [1.82, 2.24) is 41.5 Å². The number of aliphatic hydroxyl groups is 1.